The molecule has 76 valence electrons. The van der Waals surface area contributed by atoms with Gasteiger partial charge >= 0.3 is 0 Å². The summed E-state index contributed by atoms with van der Waals surface area (Å²) in [6.07, 6.45) is 3.20. The van der Waals surface area contributed by atoms with Gasteiger partial charge in [-0.3, -0.25) is 4.98 Å². The summed E-state index contributed by atoms with van der Waals surface area (Å²) in [5.74, 6) is 0.977. The van der Waals surface area contributed by atoms with Gasteiger partial charge in [0.05, 0.1) is 5.69 Å². The number of rotatable bonds is 0. The molecule has 1 aliphatic rings. The molecular formula is C12H17NO. The molecule has 2 heterocycles. The van der Waals surface area contributed by atoms with E-state index < -0.39 is 0 Å². The van der Waals surface area contributed by atoms with Crippen molar-refractivity contribution in [2.75, 3.05) is 0 Å². The van der Waals surface area contributed by atoms with Crippen LogP contribution in [0.5, 0.6) is 5.75 Å². The van der Waals surface area contributed by atoms with Crippen molar-refractivity contribution in [2.45, 2.75) is 45.6 Å². The second kappa shape index (κ2) is 2.97. The highest BCUT2D eigenvalue weighted by atomic mass is 16.5. The minimum atomic E-state index is 0.150. The molecule has 0 N–H and O–H groups in total. The Labute approximate surface area is 85.3 Å². The Hall–Kier alpha value is -1.05. The zero-order chi connectivity index (χ0) is 10.3. The Bertz CT molecular complexity index is 352. The Kier molecular flexibility index (Phi) is 2.02. The monoisotopic (exact) mass is 191 g/mol. The third-order valence-electron chi connectivity index (χ3n) is 2.61. The third kappa shape index (κ3) is 1.61. The van der Waals surface area contributed by atoms with Crippen molar-refractivity contribution < 1.29 is 4.74 Å². The molecule has 2 heteroatoms. The van der Waals surface area contributed by atoms with Crippen LogP contribution in [0.3, 0.4) is 0 Å². The van der Waals surface area contributed by atoms with E-state index in [4.69, 9.17) is 4.74 Å². The lowest BCUT2D eigenvalue weighted by molar-refractivity contribution is 0.254. The van der Waals surface area contributed by atoms with Crippen molar-refractivity contribution in [2.24, 2.45) is 0 Å². The molecule has 14 heavy (non-hydrogen) atoms. The lowest BCUT2D eigenvalue weighted by Crippen LogP contribution is -2.11. The van der Waals surface area contributed by atoms with Crippen LogP contribution >= 0.6 is 0 Å². The van der Waals surface area contributed by atoms with E-state index in [0.717, 1.165) is 17.9 Å². The van der Waals surface area contributed by atoms with Gasteiger partial charge in [0.1, 0.15) is 11.9 Å². The van der Waals surface area contributed by atoms with E-state index in [2.05, 4.69) is 38.7 Å². The Balaban J connectivity index is 2.38. The van der Waals surface area contributed by atoms with Crippen LogP contribution in [0.25, 0.3) is 0 Å². The molecule has 0 spiro atoms. The van der Waals surface area contributed by atoms with Gasteiger partial charge in [0, 0.05) is 12.6 Å². The molecular weight excluding hydrogens is 174 g/mol. The van der Waals surface area contributed by atoms with Crippen LogP contribution < -0.4 is 4.74 Å². The average molecular weight is 191 g/mol. The van der Waals surface area contributed by atoms with Crippen LogP contribution in [0, 0.1) is 0 Å². The number of hydrogen-bond donors (Lipinski definition) is 0. The van der Waals surface area contributed by atoms with E-state index in [1.165, 1.54) is 5.56 Å². The SMILES string of the molecule is CC1Cc2ncc(C(C)(C)C)cc2O1. The van der Waals surface area contributed by atoms with Gasteiger partial charge in [0.15, 0.2) is 0 Å². The summed E-state index contributed by atoms with van der Waals surface area (Å²) in [5, 5.41) is 0. The molecule has 1 atom stereocenters. The van der Waals surface area contributed by atoms with Crippen LogP contribution in [0.15, 0.2) is 12.3 Å². The Morgan fingerprint density at radius 3 is 2.79 bits per heavy atom. The van der Waals surface area contributed by atoms with Gasteiger partial charge in [-0.1, -0.05) is 20.8 Å². The molecule has 0 saturated carbocycles. The smallest absolute Gasteiger partial charge is 0.141 e. The van der Waals surface area contributed by atoms with Crippen molar-refractivity contribution in [3.63, 3.8) is 0 Å². The fourth-order valence-electron chi connectivity index (χ4n) is 1.67. The predicted octanol–water partition coefficient (Wildman–Crippen LogP) is 2.70. The maximum atomic E-state index is 5.68. The molecule has 1 aromatic heterocycles. The van der Waals surface area contributed by atoms with Gasteiger partial charge in [-0.25, -0.2) is 0 Å². The summed E-state index contributed by atoms with van der Waals surface area (Å²) >= 11 is 0. The third-order valence-corrected chi connectivity index (χ3v) is 2.61. The fraction of sp³-hybridized carbons (Fsp3) is 0.583. The first-order valence-electron chi connectivity index (χ1n) is 5.13. The van der Waals surface area contributed by atoms with Crippen molar-refractivity contribution in [3.05, 3.63) is 23.5 Å². The zero-order valence-electron chi connectivity index (χ0n) is 9.29. The highest BCUT2D eigenvalue weighted by molar-refractivity contribution is 5.37. The molecule has 1 unspecified atom stereocenters. The molecule has 2 rings (SSSR count). The normalized spacial score (nSPS) is 20.4. The highest BCUT2D eigenvalue weighted by Gasteiger charge is 2.23. The molecule has 0 aromatic carbocycles. The maximum Gasteiger partial charge on any atom is 0.141 e. The minimum absolute atomic E-state index is 0.150. The molecule has 0 radical (unpaired) electrons. The van der Waals surface area contributed by atoms with E-state index in [1.807, 2.05) is 6.20 Å². The van der Waals surface area contributed by atoms with Crippen molar-refractivity contribution in [1.82, 2.24) is 4.98 Å². The molecule has 1 aromatic rings. The Morgan fingerprint density at radius 2 is 2.14 bits per heavy atom. The second-order valence-corrected chi connectivity index (χ2v) is 5.05. The van der Waals surface area contributed by atoms with E-state index in [-0.39, 0.29) is 11.5 Å². The first kappa shape index (κ1) is 9.50. The lowest BCUT2D eigenvalue weighted by Gasteiger charge is -2.18. The van der Waals surface area contributed by atoms with Gasteiger partial charge in [0.2, 0.25) is 0 Å². The van der Waals surface area contributed by atoms with Crippen LogP contribution in [-0.2, 0) is 11.8 Å². The largest absolute Gasteiger partial charge is 0.488 e. The number of aromatic nitrogens is 1. The molecule has 0 amide bonds. The van der Waals surface area contributed by atoms with E-state index in [0.29, 0.717) is 0 Å². The van der Waals surface area contributed by atoms with Crippen LogP contribution in [0.1, 0.15) is 39.0 Å². The maximum absolute atomic E-state index is 5.68. The van der Waals surface area contributed by atoms with Gasteiger partial charge in [0.25, 0.3) is 0 Å². The van der Waals surface area contributed by atoms with E-state index >= 15 is 0 Å². The highest BCUT2D eigenvalue weighted by Crippen LogP contribution is 2.31. The van der Waals surface area contributed by atoms with Crippen LogP contribution in [-0.4, -0.2) is 11.1 Å². The average Bonchev–Trinajstić information content (AvgIpc) is 2.41. The minimum Gasteiger partial charge on any atom is -0.488 e. The van der Waals surface area contributed by atoms with Gasteiger partial charge < -0.3 is 4.74 Å². The summed E-state index contributed by atoms with van der Waals surface area (Å²) in [6, 6.07) is 2.13. The number of nitrogens with zero attached hydrogens (tertiary/aromatic N) is 1. The quantitative estimate of drug-likeness (QED) is 0.629. The van der Waals surface area contributed by atoms with Gasteiger partial charge in [-0.15, -0.1) is 0 Å². The molecule has 2 nitrogen and oxygen atoms in total. The summed E-state index contributed by atoms with van der Waals surface area (Å²) < 4.78 is 5.68. The van der Waals surface area contributed by atoms with E-state index in [9.17, 15) is 0 Å². The number of ether oxygens (including phenoxy) is 1. The molecule has 0 fully saturated rings. The van der Waals surface area contributed by atoms with E-state index in [1.54, 1.807) is 0 Å². The van der Waals surface area contributed by atoms with Crippen LogP contribution in [0.4, 0.5) is 0 Å². The molecule has 1 aliphatic heterocycles. The predicted molar refractivity (Wildman–Crippen MR) is 56.7 cm³/mol. The van der Waals surface area contributed by atoms with Gasteiger partial charge in [-0.2, -0.15) is 0 Å². The lowest BCUT2D eigenvalue weighted by atomic mass is 9.88. The summed E-state index contributed by atoms with van der Waals surface area (Å²) in [6.45, 7) is 8.65. The topological polar surface area (TPSA) is 22.1 Å². The van der Waals surface area contributed by atoms with Gasteiger partial charge in [-0.05, 0) is 24.0 Å². The first-order valence-corrected chi connectivity index (χ1v) is 5.13. The Morgan fingerprint density at radius 1 is 1.43 bits per heavy atom. The number of hydrogen-bond acceptors (Lipinski definition) is 2. The number of pyridine rings is 1. The second-order valence-electron chi connectivity index (χ2n) is 5.05. The standard InChI is InChI=1S/C12H17NO/c1-8-5-10-11(14-8)6-9(7-13-10)12(2,3)4/h6-8H,5H2,1-4H3. The molecule has 0 saturated heterocycles. The van der Waals surface area contributed by atoms with Crippen molar-refractivity contribution in [1.29, 1.82) is 0 Å². The molecule has 0 aliphatic carbocycles. The van der Waals surface area contributed by atoms with Crippen molar-refractivity contribution in [3.8, 4) is 5.75 Å². The summed E-state index contributed by atoms with van der Waals surface area (Å²) in [7, 11) is 0. The number of fused-ring (bicyclic) bond motifs is 1. The van der Waals surface area contributed by atoms with Crippen LogP contribution in [0.2, 0.25) is 0 Å². The molecule has 0 bridgehead atoms. The summed E-state index contributed by atoms with van der Waals surface area (Å²) in [5.41, 5.74) is 2.49. The summed E-state index contributed by atoms with van der Waals surface area (Å²) in [4.78, 5) is 4.45. The zero-order valence-corrected chi connectivity index (χ0v) is 9.29. The fourth-order valence-corrected chi connectivity index (χ4v) is 1.67. The first-order chi connectivity index (χ1) is 6.47. The van der Waals surface area contributed by atoms with Crippen molar-refractivity contribution >= 4 is 0 Å².